The van der Waals surface area contributed by atoms with Crippen LogP contribution in [0.25, 0.3) is 0 Å². The van der Waals surface area contributed by atoms with Crippen molar-refractivity contribution in [3.63, 3.8) is 0 Å². The van der Waals surface area contributed by atoms with E-state index in [0.717, 1.165) is 28.6 Å². The molecule has 1 aromatic heterocycles. The van der Waals surface area contributed by atoms with Gasteiger partial charge in [0.05, 0.1) is 12.8 Å². The van der Waals surface area contributed by atoms with E-state index in [1.807, 2.05) is 19.9 Å². The Morgan fingerprint density at radius 3 is 2.30 bits per heavy atom. The molecule has 9 nitrogen and oxygen atoms in total. The molecule has 0 saturated carbocycles. The molecule has 1 aromatic carbocycles. The molecule has 0 spiro atoms. The van der Waals surface area contributed by atoms with Crippen LogP contribution >= 0.6 is 0 Å². The van der Waals surface area contributed by atoms with Crippen molar-refractivity contribution in [2.24, 2.45) is 0 Å². The summed E-state index contributed by atoms with van der Waals surface area (Å²) in [7, 11) is -2.04. The highest BCUT2D eigenvalue weighted by Crippen LogP contribution is 2.19. The number of likely N-dealkylation sites (N-methyl/N-ethyl adjacent to an activating group) is 1. The van der Waals surface area contributed by atoms with Gasteiger partial charge in [0.25, 0.3) is 0 Å². The van der Waals surface area contributed by atoms with Crippen LogP contribution in [0.3, 0.4) is 0 Å². The average molecular weight is 392 g/mol. The molecule has 0 unspecified atom stereocenters. The van der Waals surface area contributed by atoms with Gasteiger partial charge in [-0.05, 0) is 38.1 Å². The Balaban J connectivity index is 2.00. The summed E-state index contributed by atoms with van der Waals surface area (Å²) in [5, 5.41) is 8.99. The molecule has 0 fully saturated rings. The monoisotopic (exact) mass is 392 g/mol. The van der Waals surface area contributed by atoms with Gasteiger partial charge >= 0.3 is 0 Å². The molecule has 0 saturated heterocycles. The number of benzene rings is 1. The van der Waals surface area contributed by atoms with E-state index < -0.39 is 15.9 Å². The summed E-state index contributed by atoms with van der Waals surface area (Å²) in [5.41, 5.74) is 1.36. The zero-order valence-electron chi connectivity index (χ0n) is 15.8. The van der Waals surface area contributed by atoms with Gasteiger partial charge in [-0.3, -0.25) is 4.79 Å². The average Bonchev–Trinajstić information content (AvgIpc) is 2.55. The number of anilines is 4. The highest BCUT2D eigenvalue weighted by atomic mass is 32.2. The molecule has 2 aromatic rings. The fourth-order valence-corrected chi connectivity index (χ4v) is 2.56. The zero-order chi connectivity index (χ0) is 20.0. The molecule has 10 heteroatoms. The number of aromatic nitrogens is 2. The van der Waals surface area contributed by atoms with Crippen LogP contribution in [0.2, 0.25) is 0 Å². The maximum absolute atomic E-state index is 11.9. The summed E-state index contributed by atoms with van der Waals surface area (Å²) in [6.45, 7) is 4.33. The van der Waals surface area contributed by atoms with Crippen molar-refractivity contribution in [1.29, 1.82) is 0 Å². The first-order chi connectivity index (χ1) is 12.7. The molecule has 146 valence electrons. The van der Waals surface area contributed by atoms with Crippen molar-refractivity contribution in [2.75, 3.05) is 42.3 Å². The SMILES string of the molecule is CCNc1cc(Nc2ccc(NC(=O)CN(C)S(C)(=O)=O)cc2)nc(C)n1. The second-order valence-electron chi connectivity index (χ2n) is 5.99. The standard InChI is InChI=1S/C17H24N6O3S/c1-5-18-15-10-16(20-12(2)19-15)21-13-6-8-14(9-7-13)22-17(24)11-23(3)27(4,25)26/h6-10H,5,11H2,1-4H3,(H,22,24)(H2,18,19,20,21). The molecule has 3 N–H and O–H groups in total. The third-order valence-corrected chi connectivity index (χ3v) is 4.83. The van der Waals surface area contributed by atoms with Crippen molar-refractivity contribution < 1.29 is 13.2 Å². The van der Waals surface area contributed by atoms with E-state index in [4.69, 9.17) is 0 Å². The van der Waals surface area contributed by atoms with E-state index in [1.54, 1.807) is 24.3 Å². The molecule has 0 aliphatic carbocycles. The maximum atomic E-state index is 11.9. The predicted molar refractivity (Wildman–Crippen MR) is 107 cm³/mol. The summed E-state index contributed by atoms with van der Waals surface area (Å²) in [4.78, 5) is 20.6. The normalized spacial score (nSPS) is 11.3. The number of carbonyl (C=O) groups excluding carboxylic acids is 1. The molecule has 27 heavy (non-hydrogen) atoms. The van der Waals surface area contributed by atoms with E-state index in [1.165, 1.54) is 7.05 Å². The van der Waals surface area contributed by atoms with Gasteiger partial charge in [-0.1, -0.05) is 0 Å². The maximum Gasteiger partial charge on any atom is 0.239 e. The number of nitrogens with one attached hydrogen (secondary N) is 3. The first-order valence-electron chi connectivity index (χ1n) is 8.35. The van der Waals surface area contributed by atoms with Gasteiger partial charge in [0.15, 0.2) is 0 Å². The fourth-order valence-electron chi connectivity index (χ4n) is 2.21. The Hall–Kier alpha value is -2.72. The van der Waals surface area contributed by atoms with Gasteiger partial charge in [0.2, 0.25) is 15.9 Å². The molecule has 1 heterocycles. The van der Waals surface area contributed by atoms with E-state index in [-0.39, 0.29) is 6.54 Å². The molecule has 0 atom stereocenters. The minimum absolute atomic E-state index is 0.244. The molecule has 0 radical (unpaired) electrons. The van der Waals surface area contributed by atoms with Gasteiger partial charge in [-0.15, -0.1) is 0 Å². The number of aryl methyl sites for hydroxylation is 1. The largest absolute Gasteiger partial charge is 0.370 e. The van der Waals surface area contributed by atoms with E-state index in [0.29, 0.717) is 17.3 Å². The topological polar surface area (TPSA) is 116 Å². The van der Waals surface area contributed by atoms with Gasteiger partial charge < -0.3 is 16.0 Å². The number of hydrogen-bond donors (Lipinski definition) is 3. The van der Waals surface area contributed by atoms with E-state index in [9.17, 15) is 13.2 Å². The third kappa shape index (κ3) is 6.50. The molecule has 1 amide bonds. The summed E-state index contributed by atoms with van der Waals surface area (Å²) < 4.78 is 23.7. The van der Waals surface area contributed by atoms with Crippen LogP contribution < -0.4 is 16.0 Å². The Morgan fingerprint density at radius 1 is 1.11 bits per heavy atom. The highest BCUT2D eigenvalue weighted by molar-refractivity contribution is 7.88. The Kier molecular flexibility index (Phi) is 6.70. The number of hydrogen-bond acceptors (Lipinski definition) is 7. The van der Waals surface area contributed by atoms with Crippen LogP contribution in [0.1, 0.15) is 12.7 Å². The lowest BCUT2D eigenvalue weighted by Gasteiger charge is -2.14. The van der Waals surface area contributed by atoms with Crippen LogP contribution in [0.5, 0.6) is 0 Å². The highest BCUT2D eigenvalue weighted by Gasteiger charge is 2.15. The smallest absolute Gasteiger partial charge is 0.239 e. The molecular formula is C17H24N6O3S. The minimum Gasteiger partial charge on any atom is -0.370 e. The van der Waals surface area contributed by atoms with Gasteiger partial charge in [-0.2, -0.15) is 4.31 Å². The van der Waals surface area contributed by atoms with Gasteiger partial charge in [0, 0.05) is 31.0 Å². The van der Waals surface area contributed by atoms with Crippen LogP contribution in [-0.4, -0.2) is 55.0 Å². The fraction of sp³-hybridized carbons (Fsp3) is 0.353. The van der Waals surface area contributed by atoms with E-state index >= 15 is 0 Å². The predicted octanol–water partition coefficient (Wildman–Crippen LogP) is 1.79. The van der Waals surface area contributed by atoms with Crippen molar-refractivity contribution in [2.45, 2.75) is 13.8 Å². The second-order valence-corrected chi connectivity index (χ2v) is 8.07. The zero-order valence-corrected chi connectivity index (χ0v) is 16.6. The molecule has 2 rings (SSSR count). The third-order valence-electron chi connectivity index (χ3n) is 3.57. The lowest BCUT2D eigenvalue weighted by Crippen LogP contribution is -2.34. The number of nitrogens with zero attached hydrogens (tertiary/aromatic N) is 3. The van der Waals surface area contributed by atoms with Gasteiger partial charge in [-0.25, -0.2) is 18.4 Å². The van der Waals surface area contributed by atoms with Crippen molar-refractivity contribution in [1.82, 2.24) is 14.3 Å². The van der Waals surface area contributed by atoms with Gasteiger partial charge in [0.1, 0.15) is 17.5 Å². The van der Waals surface area contributed by atoms with Crippen molar-refractivity contribution in [3.05, 3.63) is 36.2 Å². The van der Waals surface area contributed by atoms with Crippen molar-refractivity contribution >= 4 is 38.9 Å². The van der Waals surface area contributed by atoms with Crippen LogP contribution in [-0.2, 0) is 14.8 Å². The molecule has 0 aliphatic rings. The lowest BCUT2D eigenvalue weighted by atomic mass is 10.2. The Bertz CT molecular complexity index is 899. The summed E-state index contributed by atoms with van der Waals surface area (Å²) in [6.07, 6.45) is 1.05. The second kappa shape index (κ2) is 8.78. The van der Waals surface area contributed by atoms with Crippen LogP contribution in [0.4, 0.5) is 23.0 Å². The number of rotatable bonds is 8. The quantitative estimate of drug-likeness (QED) is 0.627. The molecular weight excluding hydrogens is 368 g/mol. The number of amides is 1. The Labute approximate surface area is 159 Å². The number of sulfonamides is 1. The summed E-state index contributed by atoms with van der Waals surface area (Å²) in [6, 6.07) is 8.84. The number of carbonyl (C=O) groups is 1. The summed E-state index contributed by atoms with van der Waals surface area (Å²) >= 11 is 0. The Morgan fingerprint density at radius 2 is 1.70 bits per heavy atom. The van der Waals surface area contributed by atoms with E-state index in [2.05, 4.69) is 25.9 Å². The molecule has 0 aliphatic heterocycles. The van der Waals surface area contributed by atoms with Crippen LogP contribution in [0, 0.1) is 6.92 Å². The molecule has 0 bridgehead atoms. The minimum atomic E-state index is -3.40. The first-order valence-corrected chi connectivity index (χ1v) is 10.2. The summed E-state index contributed by atoms with van der Waals surface area (Å²) in [5.74, 6) is 1.64. The lowest BCUT2D eigenvalue weighted by molar-refractivity contribution is -0.116. The first kappa shape index (κ1) is 20.6. The van der Waals surface area contributed by atoms with Crippen molar-refractivity contribution in [3.8, 4) is 0 Å². The van der Waals surface area contributed by atoms with Crippen LogP contribution in [0.15, 0.2) is 30.3 Å².